The largest absolute Gasteiger partial charge is 0.362 e. The Bertz CT molecular complexity index is 529. The lowest BCUT2D eigenvalue weighted by Gasteiger charge is -2.33. The number of anilines is 1. The van der Waals surface area contributed by atoms with E-state index in [2.05, 4.69) is 34.4 Å². The molecule has 1 aliphatic heterocycles. The predicted octanol–water partition coefficient (Wildman–Crippen LogP) is 4.14. The first kappa shape index (κ1) is 12.2. The van der Waals surface area contributed by atoms with E-state index in [0.29, 0.717) is 11.3 Å². The van der Waals surface area contributed by atoms with Crippen LogP contribution in [0.5, 0.6) is 0 Å². The number of fused-ring (bicyclic) bond motifs is 1. The molecule has 0 spiro atoms. The third-order valence-corrected chi connectivity index (χ3v) is 5.14. The highest BCUT2D eigenvalue weighted by Gasteiger charge is 2.24. The average Bonchev–Trinajstić information content (AvgIpc) is 2.82. The molecule has 2 nitrogen and oxygen atoms in total. The molecule has 1 aromatic heterocycles. The van der Waals surface area contributed by atoms with Gasteiger partial charge in [-0.25, -0.2) is 0 Å². The Balaban J connectivity index is 1.80. The Morgan fingerprint density at radius 1 is 1.33 bits per heavy atom. The second-order valence-corrected chi connectivity index (χ2v) is 6.45. The zero-order chi connectivity index (χ0) is 12.5. The standard InChI is InChI=1S/C14H17ClN2S/c1-10(15)11-6-8-17(9-7-11)14-12-4-2-3-5-13(12)16-18-14/h2-5,10-11H,6-9H2,1H3. The number of piperidine rings is 1. The number of alkyl halides is 1. The molecule has 0 aliphatic carbocycles. The second kappa shape index (κ2) is 5.06. The van der Waals surface area contributed by atoms with Crippen molar-refractivity contribution in [2.24, 2.45) is 5.92 Å². The van der Waals surface area contributed by atoms with Crippen LogP contribution in [0.3, 0.4) is 0 Å². The van der Waals surface area contributed by atoms with Gasteiger partial charge in [0.05, 0.1) is 5.52 Å². The lowest BCUT2D eigenvalue weighted by molar-refractivity contribution is 0.401. The summed E-state index contributed by atoms with van der Waals surface area (Å²) in [5.41, 5.74) is 1.12. The molecule has 0 N–H and O–H groups in total. The summed E-state index contributed by atoms with van der Waals surface area (Å²) in [5.74, 6) is 0.669. The van der Waals surface area contributed by atoms with E-state index in [1.54, 1.807) is 11.5 Å². The molecule has 1 aromatic carbocycles. The summed E-state index contributed by atoms with van der Waals surface area (Å²) in [5, 5.41) is 2.91. The highest BCUT2D eigenvalue weighted by atomic mass is 35.5. The Morgan fingerprint density at radius 3 is 2.78 bits per heavy atom. The topological polar surface area (TPSA) is 16.1 Å². The molecule has 0 radical (unpaired) electrons. The van der Waals surface area contributed by atoms with Gasteiger partial charge < -0.3 is 4.90 Å². The minimum absolute atomic E-state index is 0.297. The Kier molecular flexibility index (Phi) is 3.44. The van der Waals surface area contributed by atoms with Crippen molar-refractivity contribution in [3.8, 4) is 0 Å². The molecule has 0 bridgehead atoms. The van der Waals surface area contributed by atoms with Gasteiger partial charge >= 0.3 is 0 Å². The maximum absolute atomic E-state index is 6.20. The number of benzene rings is 1. The summed E-state index contributed by atoms with van der Waals surface area (Å²) in [6.45, 7) is 4.33. The molecule has 1 fully saturated rings. The monoisotopic (exact) mass is 280 g/mol. The van der Waals surface area contributed by atoms with Crippen LogP contribution in [0, 0.1) is 5.92 Å². The minimum Gasteiger partial charge on any atom is -0.362 e. The Morgan fingerprint density at radius 2 is 2.06 bits per heavy atom. The van der Waals surface area contributed by atoms with Gasteiger partial charge in [-0.15, -0.1) is 11.6 Å². The Hall–Kier alpha value is -0.800. The summed E-state index contributed by atoms with van der Waals surface area (Å²) in [6, 6.07) is 8.40. The van der Waals surface area contributed by atoms with E-state index in [1.165, 1.54) is 23.2 Å². The van der Waals surface area contributed by atoms with E-state index in [0.717, 1.165) is 18.6 Å². The van der Waals surface area contributed by atoms with Crippen molar-refractivity contribution in [3.63, 3.8) is 0 Å². The second-order valence-electron chi connectivity index (χ2n) is 5.01. The van der Waals surface area contributed by atoms with Gasteiger partial charge in [0.25, 0.3) is 0 Å². The van der Waals surface area contributed by atoms with E-state index in [-0.39, 0.29) is 0 Å². The summed E-state index contributed by atoms with van der Waals surface area (Å²) in [4.78, 5) is 2.47. The van der Waals surface area contributed by atoms with Crippen LogP contribution in [-0.2, 0) is 0 Å². The molecule has 2 aromatic rings. The fraction of sp³-hybridized carbons (Fsp3) is 0.500. The molecule has 0 amide bonds. The lowest BCUT2D eigenvalue weighted by Crippen LogP contribution is -2.35. The number of aromatic nitrogens is 1. The van der Waals surface area contributed by atoms with Crippen molar-refractivity contribution < 1.29 is 0 Å². The molecular weight excluding hydrogens is 264 g/mol. The predicted molar refractivity (Wildman–Crippen MR) is 79.9 cm³/mol. The number of hydrogen-bond donors (Lipinski definition) is 0. The molecule has 18 heavy (non-hydrogen) atoms. The minimum atomic E-state index is 0.297. The molecule has 1 saturated heterocycles. The zero-order valence-electron chi connectivity index (χ0n) is 10.5. The first-order chi connectivity index (χ1) is 8.75. The first-order valence-electron chi connectivity index (χ1n) is 6.49. The van der Waals surface area contributed by atoms with Gasteiger partial charge in [-0.3, -0.25) is 0 Å². The summed E-state index contributed by atoms with van der Waals surface area (Å²) < 4.78 is 4.52. The normalized spacial score (nSPS) is 19.3. The van der Waals surface area contributed by atoms with Crippen LogP contribution in [0.2, 0.25) is 0 Å². The number of halogens is 1. The van der Waals surface area contributed by atoms with E-state index in [4.69, 9.17) is 11.6 Å². The molecule has 1 atom stereocenters. The van der Waals surface area contributed by atoms with Crippen molar-refractivity contribution in [2.45, 2.75) is 25.1 Å². The summed E-state index contributed by atoms with van der Waals surface area (Å²) in [7, 11) is 0. The number of rotatable bonds is 2. The van der Waals surface area contributed by atoms with E-state index in [9.17, 15) is 0 Å². The highest BCUT2D eigenvalue weighted by molar-refractivity contribution is 7.11. The van der Waals surface area contributed by atoms with Crippen molar-refractivity contribution in [2.75, 3.05) is 18.0 Å². The molecule has 4 heteroatoms. The number of hydrogen-bond acceptors (Lipinski definition) is 3. The molecule has 1 aliphatic rings. The van der Waals surface area contributed by atoms with Gasteiger partial charge in [-0.05, 0) is 49.3 Å². The fourth-order valence-corrected chi connectivity index (χ4v) is 3.83. The molecule has 96 valence electrons. The molecular formula is C14H17ClN2S. The van der Waals surface area contributed by atoms with Crippen LogP contribution >= 0.6 is 23.1 Å². The molecule has 3 rings (SSSR count). The lowest BCUT2D eigenvalue weighted by atomic mass is 9.94. The van der Waals surface area contributed by atoms with Crippen LogP contribution in [-0.4, -0.2) is 22.8 Å². The van der Waals surface area contributed by atoms with Gasteiger partial charge in [-0.1, -0.05) is 12.1 Å². The van der Waals surface area contributed by atoms with Gasteiger partial charge in [0.15, 0.2) is 0 Å². The SMILES string of the molecule is CC(Cl)C1CCN(c2snc3ccccc23)CC1. The summed E-state index contributed by atoms with van der Waals surface area (Å²) >= 11 is 7.82. The number of nitrogens with zero attached hydrogens (tertiary/aromatic N) is 2. The quantitative estimate of drug-likeness (QED) is 0.769. The van der Waals surface area contributed by atoms with Gasteiger partial charge in [-0.2, -0.15) is 4.37 Å². The van der Waals surface area contributed by atoms with E-state index < -0.39 is 0 Å². The zero-order valence-corrected chi connectivity index (χ0v) is 12.0. The van der Waals surface area contributed by atoms with E-state index >= 15 is 0 Å². The molecule has 1 unspecified atom stereocenters. The maximum Gasteiger partial charge on any atom is 0.119 e. The van der Waals surface area contributed by atoms with Crippen molar-refractivity contribution in [1.82, 2.24) is 4.37 Å². The maximum atomic E-state index is 6.20. The third-order valence-electron chi connectivity index (χ3n) is 3.84. The van der Waals surface area contributed by atoms with Crippen LogP contribution in [0.4, 0.5) is 5.00 Å². The van der Waals surface area contributed by atoms with Gasteiger partial charge in [0, 0.05) is 23.9 Å². The van der Waals surface area contributed by atoms with Crippen LogP contribution in [0.25, 0.3) is 10.9 Å². The van der Waals surface area contributed by atoms with Crippen LogP contribution < -0.4 is 4.90 Å². The third kappa shape index (κ3) is 2.21. The van der Waals surface area contributed by atoms with Crippen molar-refractivity contribution in [1.29, 1.82) is 0 Å². The van der Waals surface area contributed by atoms with Gasteiger partial charge in [0.2, 0.25) is 0 Å². The highest BCUT2D eigenvalue weighted by Crippen LogP contribution is 2.34. The van der Waals surface area contributed by atoms with Crippen LogP contribution in [0.15, 0.2) is 24.3 Å². The summed E-state index contributed by atoms with van der Waals surface area (Å²) in [6.07, 6.45) is 2.38. The van der Waals surface area contributed by atoms with E-state index in [1.807, 2.05) is 6.07 Å². The Labute approximate surface area is 117 Å². The average molecular weight is 281 g/mol. The van der Waals surface area contributed by atoms with Crippen LogP contribution in [0.1, 0.15) is 19.8 Å². The molecule has 0 saturated carbocycles. The van der Waals surface area contributed by atoms with Crippen molar-refractivity contribution in [3.05, 3.63) is 24.3 Å². The molecule has 2 heterocycles. The fourth-order valence-electron chi connectivity index (χ4n) is 2.67. The first-order valence-corrected chi connectivity index (χ1v) is 7.70. The van der Waals surface area contributed by atoms with Crippen molar-refractivity contribution >= 4 is 39.0 Å². The smallest absolute Gasteiger partial charge is 0.119 e. The van der Waals surface area contributed by atoms with Gasteiger partial charge in [0.1, 0.15) is 5.00 Å².